The highest BCUT2D eigenvalue weighted by molar-refractivity contribution is 6.30. The molecular weight excluding hydrogens is 478 g/mol. The third kappa shape index (κ3) is 5.23. The number of nitrogens with one attached hydrogen (secondary N) is 2. The smallest absolute Gasteiger partial charge is 0.260 e. The van der Waals surface area contributed by atoms with E-state index in [2.05, 4.69) is 20.6 Å². The number of hydrogen-bond acceptors (Lipinski definition) is 5. The molecule has 0 unspecified atom stereocenters. The lowest BCUT2D eigenvalue weighted by atomic mass is 9.91. The first-order chi connectivity index (χ1) is 17.4. The van der Waals surface area contributed by atoms with Crippen LogP contribution in [0.15, 0.2) is 60.9 Å². The van der Waals surface area contributed by atoms with E-state index >= 15 is 0 Å². The predicted octanol–water partition coefficient (Wildman–Crippen LogP) is 4.68. The Bertz CT molecular complexity index is 1290. The van der Waals surface area contributed by atoms with Crippen LogP contribution in [0.3, 0.4) is 0 Å². The Hall–Kier alpha value is -3.78. The summed E-state index contributed by atoms with van der Waals surface area (Å²) in [5.41, 5.74) is 1.98. The van der Waals surface area contributed by atoms with E-state index < -0.39 is 5.91 Å². The van der Waals surface area contributed by atoms with Crippen molar-refractivity contribution in [3.63, 3.8) is 0 Å². The van der Waals surface area contributed by atoms with Crippen molar-refractivity contribution in [3.8, 4) is 0 Å². The summed E-state index contributed by atoms with van der Waals surface area (Å²) >= 11 is 5.84. The van der Waals surface area contributed by atoms with Gasteiger partial charge in [0.15, 0.2) is 0 Å². The van der Waals surface area contributed by atoms with Gasteiger partial charge < -0.3 is 15.5 Å². The van der Waals surface area contributed by atoms with Gasteiger partial charge in [-0.05, 0) is 73.1 Å². The fourth-order valence-corrected chi connectivity index (χ4v) is 4.71. The second-order valence-corrected chi connectivity index (χ2v) is 9.70. The second-order valence-electron chi connectivity index (χ2n) is 9.26. The van der Waals surface area contributed by atoms with E-state index in [0.29, 0.717) is 22.8 Å². The van der Waals surface area contributed by atoms with Crippen molar-refractivity contribution in [2.45, 2.75) is 37.5 Å². The zero-order valence-electron chi connectivity index (χ0n) is 19.7. The summed E-state index contributed by atoms with van der Waals surface area (Å²) in [6.45, 7) is 1.65. The number of halogens is 1. The molecule has 1 aromatic carbocycles. The van der Waals surface area contributed by atoms with Gasteiger partial charge >= 0.3 is 0 Å². The first-order valence-corrected chi connectivity index (χ1v) is 12.4. The van der Waals surface area contributed by atoms with E-state index in [9.17, 15) is 14.4 Å². The first kappa shape index (κ1) is 23.9. The van der Waals surface area contributed by atoms with Crippen LogP contribution in [0.5, 0.6) is 0 Å². The van der Waals surface area contributed by atoms with Crippen LogP contribution in [-0.2, 0) is 10.2 Å². The zero-order chi connectivity index (χ0) is 25.1. The maximum Gasteiger partial charge on any atom is 0.260 e. The Labute approximate surface area is 214 Å². The highest BCUT2D eigenvalue weighted by Crippen LogP contribution is 2.51. The Morgan fingerprint density at radius 2 is 1.81 bits per heavy atom. The van der Waals surface area contributed by atoms with Gasteiger partial charge in [-0.1, -0.05) is 23.7 Å². The van der Waals surface area contributed by atoms with Gasteiger partial charge in [0.05, 0.1) is 10.6 Å². The molecule has 8 nitrogen and oxygen atoms in total. The number of amides is 3. The molecule has 0 radical (unpaired) electrons. The van der Waals surface area contributed by atoms with Crippen molar-refractivity contribution in [3.05, 3.63) is 82.6 Å². The third-order valence-corrected chi connectivity index (χ3v) is 7.12. The van der Waals surface area contributed by atoms with Crippen LogP contribution in [-0.4, -0.2) is 45.7 Å². The maximum atomic E-state index is 12.9. The van der Waals surface area contributed by atoms with Gasteiger partial charge in [-0.2, -0.15) is 0 Å². The van der Waals surface area contributed by atoms with Gasteiger partial charge in [-0.15, -0.1) is 0 Å². The van der Waals surface area contributed by atoms with Crippen molar-refractivity contribution in [1.82, 2.24) is 14.9 Å². The van der Waals surface area contributed by atoms with Crippen LogP contribution < -0.4 is 10.6 Å². The fraction of sp³-hybridized carbons (Fsp3) is 0.296. The molecule has 2 aromatic heterocycles. The Balaban J connectivity index is 1.24. The van der Waals surface area contributed by atoms with Crippen LogP contribution in [0, 0.1) is 0 Å². The summed E-state index contributed by atoms with van der Waals surface area (Å²) in [7, 11) is 0. The third-order valence-electron chi connectivity index (χ3n) is 6.90. The molecule has 1 aliphatic heterocycles. The van der Waals surface area contributed by atoms with E-state index in [4.69, 9.17) is 11.6 Å². The van der Waals surface area contributed by atoms with Crippen LogP contribution >= 0.6 is 11.6 Å². The van der Waals surface area contributed by atoms with Crippen molar-refractivity contribution in [2.75, 3.05) is 23.7 Å². The molecule has 2 fully saturated rings. The van der Waals surface area contributed by atoms with E-state index in [1.807, 2.05) is 17.0 Å². The molecule has 2 aliphatic rings. The normalized spacial score (nSPS) is 16.0. The zero-order valence-corrected chi connectivity index (χ0v) is 20.4. The first-order valence-electron chi connectivity index (χ1n) is 12.0. The van der Waals surface area contributed by atoms with Crippen molar-refractivity contribution < 1.29 is 14.4 Å². The molecular formula is C27H26ClN5O3. The van der Waals surface area contributed by atoms with E-state index in [1.54, 1.807) is 36.4 Å². The quantitative estimate of drug-likeness (QED) is 0.464. The number of benzene rings is 1. The number of rotatable bonds is 8. The lowest BCUT2D eigenvalue weighted by Crippen LogP contribution is -2.28. The Morgan fingerprint density at radius 1 is 1.00 bits per heavy atom. The monoisotopic (exact) mass is 503 g/mol. The minimum atomic E-state index is -0.448. The minimum absolute atomic E-state index is 0.0970. The van der Waals surface area contributed by atoms with E-state index in [-0.39, 0.29) is 28.6 Å². The van der Waals surface area contributed by atoms with Gasteiger partial charge in [-0.25, -0.2) is 9.97 Å². The van der Waals surface area contributed by atoms with Crippen LogP contribution in [0.1, 0.15) is 58.4 Å². The molecule has 184 valence electrons. The number of likely N-dealkylation sites (tertiary alicyclic amines) is 1. The van der Waals surface area contributed by atoms with Gasteiger partial charge in [0.25, 0.3) is 11.8 Å². The predicted molar refractivity (Wildman–Crippen MR) is 137 cm³/mol. The molecule has 0 spiro atoms. The molecule has 0 atom stereocenters. The van der Waals surface area contributed by atoms with E-state index in [1.165, 1.54) is 18.0 Å². The largest absolute Gasteiger partial charge is 0.343 e. The highest BCUT2D eigenvalue weighted by atomic mass is 35.5. The van der Waals surface area contributed by atoms with Crippen LogP contribution in [0.2, 0.25) is 5.02 Å². The number of carbonyl (C=O) groups excluding carboxylic acids is 3. The van der Waals surface area contributed by atoms with Gasteiger partial charge in [0.2, 0.25) is 5.91 Å². The summed E-state index contributed by atoms with van der Waals surface area (Å²) in [5.74, 6) is -0.0526. The lowest BCUT2D eigenvalue weighted by molar-refractivity contribution is -0.127. The molecule has 1 saturated heterocycles. The average Bonchev–Trinajstić information content (AvgIpc) is 3.58. The van der Waals surface area contributed by atoms with Gasteiger partial charge in [0.1, 0.15) is 11.6 Å². The SMILES string of the molecule is O=C(Nc1ncccc1C(=O)Nc1ccc(Cl)cn1)c1ccc(C2(CCN3CCCC3=O)CC2)cc1. The number of aromatic nitrogens is 2. The molecule has 5 rings (SSSR count). The Morgan fingerprint density at radius 3 is 2.47 bits per heavy atom. The summed E-state index contributed by atoms with van der Waals surface area (Å²) < 4.78 is 0. The van der Waals surface area contributed by atoms with Crippen molar-refractivity contribution in [1.29, 1.82) is 0 Å². The standard InChI is InChI=1S/C27H26ClN5O3/c28-20-9-10-22(30-17-20)31-26(36)21-3-1-14-29-24(21)32-25(35)18-5-7-19(8-6-18)27(11-12-27)13-16-33-15-2-4-23(33)34/h1,3,5-10,14,17H,2,4,11-13,15-16H2,(H,29,32,35)(H,30,31,36). The fourth-order valence-electron chi connectivity index (χ4n) is 4.60. The van der Waals surface area contributed by atoms with Crippen LogP contribution in [0.25, 0.3) is 0 Å². The second kappa shape index (κ2) is 10.1. The molecule has 3 amide bonds. The van der Waals surface area contributed by atoms with E-state index in [0.717, 1.165) is 38.8 Å². The number of carbonyl (C=O) groups is 3. The van der Waals surface area contributed by atoms with Crippen molar-refractivity contribution in [2.24, 2.45) is 0 Å². The van der Waals surface area contributed by atoms with Gasteiger partial charge in [0, 0.05) is 37.5 Å². The summed E-state index contributed by atoms with van der Waals surface area (Å²) in [6, 6.07) is 14.0. The number of anilines is 2. The maximum absolute atomic E-state index is 12.9. The molecule has 1 aliphatic carbocycles. The summed E-state index contributed by atoms with van der Waals surface area (Å²) in [5, 5.41) is 5.89. The molecule has 2 N–H and O–H groups in total. The molecule has 9 heteroatoms. The Kier molecular flexibility index (Phi) is 6.69. The van der Waals surface area contributed by atoms with Crippen molar-refractivity contribution >= 4 is 41.0 Å². The molecule has 36 heavy (non-hydrogen) atoms. The molecule has 0 bridgehead atoms. The summed E-state index contributed by atoms with van der Waals surface area (Å²) in [6.07, 6.45) is 7.69. The molecule has 3 heterocycles. The molecule has 1 saturated carbocycles. The number of nitrogens with zero attached hydrogens (tertiary/aromatic N) is 3. The molecule has 3 aromatic rings. The lowest BCUT2D eigenvalue weighted by Gasteiger charge is -2.21. The topological polar surface area (TPSA) is 104 Å². The average molecular weight is 504 g/mol. The van der Waals surface area contributed by atoms with Gasteiger partial charge in [-0.3, -0.25) is 14.4 Å². The summed E-state index contributed by atoms with van der Waals surface area (Å²) in [4.78, 5) is 47.9. The highest BCUT2D eigenvalue weighted by Gasteiger charge is 2.44. The minimum Gasteiger partial charge on any atom is -0.343 e. The van der Waals surface area contributed by atoms with Crippen LogP contribution in [0.4, 0.5) is 11.6 Å². The number of hydrogen-bond donors (Lipinski definition) is 2. The number of pyridine rings is 2.